The van der Waals surface area contributed by atoms with Crippen molar-refractivity contribution in [3.63, 3.8) is 0 Å². The highest BCUT2D eigenvalue weighted by Crippen LogP contribution is 2.22. The SMILES string of the molecule is CC(C)CC(=O)Nc1ccc(NC(=O)c2ccccc2Nc2ccccc2)cc1. The van der Waals surface area contributed by atoms with Gasteiger partial charge in [0.1, 0.15) is 0 Å². The number of amides is 2. The molecule has 0 saturated carbocycles. The molecule has 5 nitrogen and oxygen atoms in total. The van der Waals surface area contributed by atoms with Crippen LogP contribution in [-0.2, 0) is 4.79 Å². The van der Waals surface area contributed by atoms with E-state index in [0.717, 1.165) is 11.4 Å². The van der Waals surface area contributed by atoms with E-state index in [1.807, 2.05) is 62.4 Å². The zero-order chi connectivity index (χ0) is 20.6. The Labute approximate surface area is 171 Å². The van der Waals surface area contributed by atoms with Crippen LogP contribution in [-0.4, -0.2) is 11.8 Å². The van der Waals surface area contributed by atoms with Gasteiger partial charge in [-0.05, 0) is 54.4 Å². The molecule has 0 spiro atoms. The number of para-hydroxylation sites is 2. The second-order valence-corrected chi connectivity index (χ2v) is 7.21. The molecule has 0 aliphatic rings. The fourth-order valence-electron chi connectivity index (χ4n) is 2.89. The summed E-state index contributed by atoms with van der Waals surface area (Å²) in [5.41, 5.74) is 3.56. The summed E-state index contributed by atoms with van der Waals surface area (Å²) < 4.78 is 0. The standard InChI is InChI=1S/C24H25N3O2/c1-17(2)16-23(28)26-19-12-14-20(15-13-19)27-24(29)21-10-6-7-11-22(21)25-18-8-4-3-5-9-18/h3-15,17,25H,16H2,1-2H3,(H,26,28)(H,27,29). The summed E-state index contributed by atoms with van der Waals surface area (Å²) in [6, 6.07) is 24.2. The summed E-state index contributed by atoms with van der Waals surface area (Å²) in [5, 5.41) is 9.04. The predicted octanol–water partition coefficient (Wildman–Crippen LogP) is 5.67. The predicted molar refractivity (Wildman–Crippen MR) is 119 cm³/mol. The summed E-state index contributed by atoms with van der Waals surface area (Å²) in [6.07, 6.45) is 0.476. The fraction of sp³-hybridized carbons (Fsp3) is 0.167. The number of benzene rings is 3. The second-order valence-electron chi connectivity index (χ2n) is 7.21. The molecule has 148 valence electrons. The van der Waals surface area contributed by atoms with Crippen LogP contribution in [0, 0.1) is 5.92 Å². The van der Waals surface area contributed by atoms with Crippen LogP contribution in [0.3, 0.4) is 0 Å². The van der Waals surface area contributed by atoms with Crippen LogP contribution < -0.4 is 16.0 Å². The number of nitrogens with one attached hydrogen (secondary N) is 3. The average molecular weight is 387 g/mol. The number of rotatable bonds is 7. The van der Waals surface area contributed by atoms with Crippen LogP contribution in [0.1, 0.15) is 30.6 Å². The highest BCUT2D eigenvalue weighted by atomic mass is 16.2. The first-order valence-electron chi connectivity index (χ1n) is 9.63. The molecule has 0 saturated heterocycles. The maximum atomic E-state index is 12.8. The number of carbonyl (C=O) groups is 2. The van der Waals surface area contributed by atoms with Gasteiger partial charge in [-0.3, -0.25) is 9.59 Å². The van der Waals surface area contributed by atoms with Gasteiger partial charge in [-0.1, -0.05) is 44.2 Å². The van der Waals surface area contributed by atoms with Crippen molar-refractivity contribution in [1.82, 2.24) is 0 Å². The Balaban J connectivity index is 1.67. The molecule has 0 heterocycles. The third kappa shape index (κ3) is 5.94. The summed E-state index contributed by atoms with van der Waals surface area (Å²) in [4.78, 5) is 24.7. The molecule has 0 atom stereocenters. The lowest BCUT2D eigenvalue weighted by Gasteiger charge is -2.13. The van der Waals surface area contributed by atoms with E-state index in [2.05, 4.69) is 16.0 Å². The topological polar surface area (TPSA) is 70.2 Å². The smallest absolute Gasteiger partial charge is 0.257 e. The third-order valence-electron chi connectivity index (χ3n) is 4.24. The van der Waals surface area contributed by atoms with Crippen LogP contribution in [0.15, 0.2) is 78.9 Å². The normalized spacial score (nSPS) is 10.4. The first-order valence-corrected chi connectivity index (χ1v) is 9.63. The molecule has 0 bridgehead atoms. The first kappa shape index (κ1) is 20.1. The van der Waals surface area contributed by atoms with Crippen molar-refractivity contribution in [1.29, 1.82) is 0 Å². The molecular formula is C24H25N3O2. The van der Waals surface area contributed by atoms with Gasteiger partial charge in [-0.15, -0.1) is 0 Å². The summed E-state index contributed by atoms with van der Waals surface area (Å²) >= 11 is 0. The van der Waals surface area contributed by atoms with Gasteiger partial charge in [0.25, 0.3) is 5.91 Å². The van der Waals surface area contributed by atoms with Crippen molar-refractivity contribution >= 4 is 34.6 Å². The van der Waals surface area contributed by atoms with Crippen LogP contribution in [0.5, 0.6) is 0 Å². The van der Waals surface area contributed by atoms with Gasteiger partial charge in [-0.2, -0.15) is 0 Å². The number of hydrogen-bond donors (Lipinski definition) is 3. The molecule has 0 fully saturated rings. The Morgan fingerprint density at radius 2 is 1.31 bits per heavy atom. The Morgan fingerprint density at radius 1 is 0.724 bits per heavy atom. The lowest BCUT2D eigenvalue weighted by atomic mass is 10.1. The lowest BCUT2D eigenvalue weighted by molar-refractivity contribution is -0.116. The lowest BCUT2D eigenvalue weighted by Crippen LogP contribution is -2.15. The maximum absolute atomic E-state index is 12.8. The fourth-order valence-corrected chi connectivity index (χ4v) is 2.89. The van der Waals surface area contributed by atoms with Crippen molar-refractivity contribution in [2.45, 2.75) is 20.3 Å². The minimum atomic E-state index is -0.208. The largest absolute Gasteiger partial charge is 0.355 e. The van der Waals surface area contributed by atoms with Crippen molar-refractivity contribution in [2.24, 2.45) is 5.92 Å². The van der Waals surface area contributed by atoms with Crippen LogP contribution >= 0.6 is 0 Å². The minimum Gasteiger partial charge on any atom is -0.355 e. The molecule has 0 unspecified atom stereocenters. The second kappa shape index (κ2) is 9.55. The summed E-state index contributed by atoms with van der Waals surface area (Å²) in [7, 11) is 0. The Kier molecular flexibility index (Phi) is 6.63. The minimum absolute atomic E-state index is 0.0160. The van der Waals surface area contributed by atoms with E-state index >= 15 is 0 Å². The molecule has 3 N–H and O–H groups in total. The van der Waals surface area contributed by atoms with Crippen LogP contribution in [0.25, 0.3) is 0 Å². The number of carbonyl (C=O) groups excluding carboxylic acids is 2. The van der Waals surface area contributed by atoms with Gasteiger partial charge >= 0.3 is 0 Å². The van der Waals surface area contributed by atoms with E-state index < -0.39 is 0 Å². The highest BCUT2D eigenvalue weighted by Gasteiger charge is 2.12. The van der Waals surface area contributed by atoms with E-state index in [9.17, 15) is 9.59 Å². The molecule has 0 aromatic heterocycles. The third-order valence-corrected chi connectivity index (χ3v) is 4.24. The summed E-state index contributed by atoms with van der Waals surface area (Å²) in [5.74, 6) is 0.0800. The average Bonchev–Trinajstić information content (AvgIpc) is 2.70. The highest BCUT2D eigenvalue weighted by molar-refractivity contribution is 6.08. The quantitative estimate of drug-likeness (QED) is 0.489. The zero-order valence-electron chi connectivity index (χ0n) is 16.6. The molecule has 3 aromatic rings. The van der Waals surface area contributed by atoms with Crippen molar-refractivity contribution < 1.29 is 9.59 Å². The Bertz CT molecular complexity index is 967. The molecule has 0 aliphatic heterocycles. The van der Waals surface area contributed by atoms with E-state index in [1.54, 1.807) is 30.3 Å². The van der Waals surface area contributed by atoms with Gasteiger partial charge in [0.15, 0.2) is 0 Å². The number of hydrogen-bond acceptors (Lipinski definition) is 3. The van der Waals surface area contributed by atoms with Crippen molar-refractivity contribution in [3.05, 3.63) is 84.4 Å². The van der Waals surface area contributed by atoms with Gasteiger partial charge in [0.05, 0.1) is 11.3 Å². The molecule has 5 heteroatoms. The van der Waals surface area contributed by atoms with Crippen molar-refractivity contribution in [2.75, 3.05) is 16.0 Å². The maximum Gasteiger partial charge on any atom is 0.257 e. The van der Waals surface area contributed by atoms with E-state index in [-0.39, 0.29) is 11.8 Å². The van der Waals surface area contributed by atoms with Gasteiger partial charge in [0.2, 0.25) is 5.91 Å². The summed E-state index contributed by atoms with van der Waals surface area (Å²) in [6.45, 7) is 4.01. The molecule has 2 amide bonds. The Morgan fingerprint density at radius 3 is 1.97 bits per heavy atom. The Hall–Kier alpha value is -3.60. The molecule has 3 rings (SSSR count). The zero-order valence-corrected chi connectivity index (χ0v) is 16.6. The van der Waals surface area contributed by atoms with Gasteiger partial charge < -0.3 is 16.0 Å². The molecular weight excluding hydrogens is 362 g/mol. The van der Waals surface area contributed by atoms with E-state index in [4.69, 9.17) is 0 Å². The van der Waals surface area contributed by atoms with Gasteiger partial charge in [-0.25, -0.2) is 0 Å². The monoisotopic (exact) mass is 387 g/mol. The molecule has 0 aliphatic carbocycles. The molecule has 29 heavy (non-hydrogen) atoms. The van der Waals surface area contributed by atoms with Crippen LogP contribution in [0.2, 0.25) is 0 Å². The van der Waals surface area contributed by atoms with E-state index in [0.29, 0.717) is 29.3 Å². The molecule has 3 aromatic carbocycles. The molecule has 0 radical (unpaired) electrons. The van der Waals surface area contributed by atoms with Crippen molar-refractivity contribution in [3.8, 4) is 0 Å². The first-order chi connectivity index (χ1) is 14.0. The van der Waals surface area contributed by atoms with Crippen LogP contribution in [0.4, 0.5) is 22.7 Å². The van der Waals surface area contributed by atoms with Gasteiger partial charge in [0, 0.05) is 23.5 Å². The number of anilines is 4. The van der Waals surface area contributed by atoms with E-state index in [1.165, 1.54) is 0 Å².